The van der Waals surface area contributed by atoms with Crippen LogP contribution < -0.4 is 10.5 Å². The fourth-order valence-corrected chi connectivity index (χ4v) is 4.15. The standard InChI is InChI=1S/C25H24N4O2/c1-25(19-9-10-19,18-7-5-17(6-8-18)23-28-29-24(26)31-23)20-11-13-22(14-12-20)30-16-21-4-2-3-15-27-21/h2-8,11-15,19H,9-10,16H2,1H3,(H2,26,29). The molecule has 6 heteroatoms. The van der Waals surface area contributed by atoms with Crippen LogP contribution in [0.1, 0.15) is 36.6 Å². The molecule has 1 atom stereocenters. The van der Waals surface area contributed by atoms with E-state index in [-0.39, 0.29) is 11.4 Å². The summed E-state index contributed by atoms with van der Waals surface area (Å²) in [5.41, 5.74) is 9.83. The van der Waals surface area contributed by atoms with Gasteiger partial charge in [-0.3, -0.25) is 4.98 Å². The second kappa shape index (κ2) is 7.87. The van der Waals surface area contributed by atoms with Crippen molar-refractivity contribution < 1.29 is 9.15 Å². The number of benzene rings is 2. The fourth-order valence-electron chi connectivity index (χ4n) is 4.15. The van der Waals surface area contributed by atoms with Gasteiger partial charge in [0.2, 0.25) is 5.89 Å². The highest BCUT2D eigenvalue weighted by atomic mass is 16.5. The molecule has 0 bridgehead atoms. The zero-order valence-electron chi connectivity index (χ0n) is 17.4. The van der Waals surface area contributed by atoms with E-state index in [1.54, 1.807) is 6.20 Å². The van der Waals surface area contributed by atoms with Crippen molar-refractivity contribution in [3.63, 3.8) is 0 Å². The zero-order valence-corrected chi connectivity index (χ0v) is 17.4. The fraction of sp³-hybridized carbons (Fsp3) is 0.240. The first-order valence-corrected chi connectivity index (χ1v) is 10.5. The van der Waals surface area contributed by atoms with Crippen molar-refractivity contribution in [3.8, 4) is 17.2 Å². The number of anilines is 1. The van der Waals surface area contributed by atoms with Gasteiger partial charge in [0.05, 0.1) is 5.69 Å². The highest BCUT2D eigenvalue weighted by molar-refractivity contribution is 5.55. The lowest BCUT2D eigenvalue weighted by Gasteiger charge is -2.31. The molecule has 1 unspecified atom stereocenters. The van der Waals surface area contributed by atoms with Gasteiger partial charge in [-0.2, -0.15) is 0 Å². The molecular weight excluding hydrogens is 388 g/mol. The van der Waals surface area contributed by atoms with E-state index in [9.17, 15) is 0 Å². The molecule has 2 heterocycles. The molecule has 0 radical (unpaired) electrons. The summed E-state index contributed by atoms with van der Waals surface area (Å²) in [4.78, 5) is 4.31. The average molecular weight is 412 g/mol. The molecule has 0 aliphatic heterocycles. The minimum atomic E-state index is -0.0636. The molecule has 2 N–H and O–H groups in total. The van der Waals surface area contributed by atoms with Crippen LogP contribution in [0.5, 0.6) is 5.75 Å². The van der Waals surface area contributed by atoms with Crippen molar-refractivity contribution in [1.29, 1.82) is 0 Å². The number of ether oxygens (including phenoxy) is 1. The number of rotatable bonds is 7. The third-order valence-electron chi connectivity index (χ3n) is 6.13. The third-order valence-corrected chi connectivity index (χ3v) is 6.13. The minimum Gasteiger partial charge on any atom is -0.487 e. The van der Waals surface area contributed by atoms with Crippen molar-refractivity contribution in [3.05, 3.63) is 89.7 Å². The van der Waals surface area contributed by atoms with Crippen LogP contribution in [-0.4, -0.2) is 15.2 Å². The van der Waals surface area contributed by atoms with E-state index in [1.165, 1.54) is 24.0 Å². The van der Waals surface area contributed by atoms with Crippen molar-refractivity contribution in [2.75, 3.05) is 5.73 Å². The van der Waals surface area contributed by atoms with Crippen LogP contribution in [-0.2, 0) is 12.0 Å². The summed E-state index contributed by atoms with van der Waals surface area (Å²) >= 11 is 0. The van der Waals surface area contributed by atoms with Crippen molar-refractivity contribution in [2.24, 2.45) is 5.92 Å². The predicted molar refractivity (Wildman–Crippen MR) is 118 cm³/mol. The maximum atomic E-state index is 5.91. The number of hydrogen-bond acceptors (Lipinski definition) is 6. The van der Waals surface area contributed by atoms with Crippen LogP contribution >= 0.6 is 0 Å². The number of aromatic nitrogens is 3. The third kappa shape index (κ3) is 3.89. The van der Waals surface area contributed by atoms with Crippen molar-refractivity contribution in [2.45, 2.75) is 31.8 Å². The Balaban J connectivity index is 1.37. The van der Waals surface area contributed by atoms with Gasteiger partial charge >= 0.3 is 6.01 Å². The predicted octanol–water partition coefficient (Wildman–Crippen LogP) is 5.01. The van der Waals surface area contributed by atoms with Crippen LogP contribution in [0.25, 0.3) is 11.5 Å². The molecule has 2 aromatic heterocycles. The molecule has 0 saturated heterocycles. The van der Waals surface area contributed by atoms with E-state index >= 15 is 0 Å². The first kappa shape index (κ1) is 19.3. The Bertz CT molecular complexity index is 1150. The molecule has 1 aliphatic rings. The Morgan fingerprint density at radius 2 is 1.68 bits per heavy atom. The zero-order chi connectivity index (χ0) is 21.3. The molecule has 0 amide bonds. The van der Waals surface area contributed by atoms with Gasteiger partial charge in [-0.15, -0.1) is 5.10 Å². The molecule has 4 aromatic rings. The smallest absolute Gasteiger partial charge is 0.313 e. The van der Waals surface area contributed by atoms with Crippen LogP contribution in [0.4, 0.5) is 6.01 Å². The molecule has 1 fully saturated rings. The van der Waals surface area contributed by atoms with Crippen molar-refractivity contribution in [1.82, 2.24) is 15.2 Å². The van der Waals surface area contributed by atoms with Crippen LogP contribution in [0.3, 0.4) is 0 Å². The van der Waals surface area contributed by atoms with E-state index in [4.69, 9.17) is 14.9 Å². The molecular formula is C25H24N4O2. The summed E-state index contributed by atoms with van der Waals surface area (Å²) in [6, 6.07) is 22.7. The molecule has 6 nitrogen and oxygen atoms in total. The number of nitrogens with two attached hydrogens (primary N) is 1. The van der Waals surface area contributed by atoms with E-state index in [1.807, 2.05) is 30.3 Å². The number of hydrogen-bond donors (Lipinski definition) is 1. The largest absolute Gasteiger partial charge is 0.487 e. The summed E-state index contributed by atoms with van der Waals surface area (Å²) in [7, 11) is 0. The maximum Gasteiger partial charge on any atom is 0.313 e. The van der Waals surface area contributed by atoms with Gasteiger partial charge in [0.25, 0.3) is 0 Å². The van der Waals surface area contributed by atoms with Crippen molar-refractivity contribution >= 4 is 6.01 Å². The van der Waals surface area contributed by atoms with Gasteiger partial charge in [-0.25, -0.2) is 0 Å². The van der Waals surface area contributed by atoms with E-state index in [0.29, 0.717) is 18.4 Å². The molecule has 1 aliphatic carbocycles. The number of nitrogen functional groups attached to an aromatic ring is 1. The van der Waals surface area contributed by atoms with Gasteiger partial charge < -0.3 is 14.9 Å². The lowest BCUT2D eigenvalue weighted by Crippen LogP contribution is -2.26. The summed E-state index contributed by atoms with van der Waals surface area (Å²) in [5, 5.41) is 7.71. The summed E-state index contributed by atoms with van der Waals surface area (Å²) < 4.78 is 11.3. The second-order valence-corrected chi connectivity index (χ2v) is 8.13. The number of pyridine rings is 1. The van der Waals surface area contributed by atoms with Crippen LogP contribution in [0, 0.1) is 5.92 Å². The Hall–Kier alpha value is -3.67. The summed E-state index contributed by atoms with van der Waals surface area (Å²) in [5.74, 6) is 1.90. The molecule has 31 heavy (non-hydrogen) atoms. The first-order valence-electron chi connectivity index (χ1n) is 10.5. The normalized spacial score (nSPS) is 15.4. The van der Waals surface area contributed by atoms with Gasteiger partial charge in [0, 0.05) is 17.2 Å². The van der Waals surface area contributed by atoms with Gasteiger partial charge in [-0.05, 0) is 66.3 Å². The molecule has 1 saturated carbocycles. The first-order chi connectivity index (χ1) is 15.1. The molecule has 2 aromatic carbocycles. The number of nitrogens with zero attached hydrogens (tertiary/aromatic N) is 3. The van der Waals surface area contributed by atoms with E-state index in [2.05, 4.69) is 58.5 Å². The second-order valence-electron chi connectivity index (χ2n) is 8.13. The average Bonchev–Trinajstić information content (AvgIpc) is 3.59. The van der Waals surface area contributed by atoms with E-state index in [0.717, 1.165) is 17.0 Å². The van der Waals surface area contributed by atoms with Gasteiger partial charge in [0.15, 0.2) is 0 Å². The Morgan fingerprint density at radius 1 is 0.968 bits per heavy atom. The Kier molecular flexibility index (Phi) is 4.90. The van der Waals surface area contributed by atoms with E-state index < -0.39 is 0 Å². The van der Waals surface area contributed by atoms with Gasteiger partial charge in [-0.1, -0.05) is 42.4 Å². The molecule has 5 rings (SSSR count). The maximum absolute atomic E-state index is 5.91. The lowest BCUT2D eigenvalue weighted by molar-refractivity contribution is 0.301. The highest BCUT2D eigenvalue weighted by Crippen LogP contribution is 2.51. The topological polar surface area (TPSA) is 87.1 Å². The highest BCUT2D eigenvalue weighted by Gasteiger charge is 2.43. The molecule has 156 valence electrons. The summed E-state index contributed by atoms with van der Waals surface area (Å²) in [6.07, 6.45) is 4.24. The minimum absolute atomic E-state index is 0.0636. The quantitative estimate of drug-likeness (QED) is 0.459. The van der Waals surface area contributed by atoms with Gasteiger partial charge in [0.1, 0.15) is 12.4 Å². The van der Waals surface area contributed by atoms with Crippen LogP contribution in [0.15, 0.2) is 77.3 Å². The monoisotopic (exact) mass is 412 g/mol. The lowest BCUT2D eigenvalue weighted by atomic mass is 9.72. The Morgan fingerprint density at radius 3 is 2.26 bits per heavy atom. The summed E-state index contributed by atoms with van der Waals surface area (Å²) in [6.45, 7) is 2.79. The SMILES string of the molecule is CC(c1ccc(OCc2ccccn2)cc1)(c1ccc(-c2nnc(N)o2)cc1)C1CC1. The van der Waals surface area contributed by atoms with Crippen LogP contribution in [0.2, 0.25) is 0 Å². The Labute approximate surface area is 181 Å². The molecule has 0 spiro atoms.